The maximum Gasteiger partial charge on any atom is 0.357 e. The molecule has 1 aromatic rings. The maximum absolute atomic E-state index is 11.5. The molecule has 0 saturated carbocycles. The van der Waals surface area contributed by atoms with E-state index in [-0.39, 0.29) is 18.8 Å². The summed E-state index contributed by atoms with van der Waals surface area (Å²) in [5, 5.41) is 14.7. The fourth-order valence-electron chi connectivity index (χ4n) is 1.35. The number of nitrogens with zero attached hydrogens (tertiary/aromatic N) is 2. The largest absolute Gasteiger partial charge is 0.476 e. The SMILES string of the molecule is C=CSSCc1c(I)c(C(=O)O)nn1CC(=O)OCC. The van der Waals surface area contributed by atoms with Gasteiger partial charge in [-0.1, -0.05) is 28.2 Å². The zero-order chi connectivity index (χ0) is 15.1. The average molecular weight is 428 g/mol. The molecule has 0 spiro atoms. The lowest BCUT2D eigenvalue weighted by molar-refractivity contribution is -0.144. The lowest BCUT2D eigenvalue weighted by Crippen LogP contribution is -2.16. The normalized spacial score (nSPS) is 10.3. The molecule has 0 radical (unpaired) electrons. The molecule has 0 atom stereocenters. The molecule has 6 nitrogen and oxygen atoms in total. The van der Waals surface area contributed by atoms with Crippen LogP contribution in [0.25, 0.3) is 0 Å². The quantitative estimate of drug-likeness (QED) is 0.295. The van der Waals surface area contributed by atoms with Crippen molar-refractivity contribution in [2.75, 3.05) is 6.61 Å². The molecule has 0 bridgehead atoms. The van der Waals surface area contributed by atoms with Crippen molar-refractivity contribution in [3.63, 3.8) is 0 Å². The standard InChI is InChI=1S/C11H13IN2O4S2/c1-3-18-8(15)5-14-7(6-20-19-4-2)9(12)10(13-14)11(16)17/h4H,2-3,5-6H2,1H3,(H,16,17). The summed E-state index contributed by atoms with van der Waals surface area (Å²) >= 11 is 1.93. The highest BCUT2D eigenvalue weighted by Crippen LogP contribution is 2.29. The minimum Gasteiger partial charge on any atom is -0.476 e. The Labute approximate surface area is 137 Å². The molecule has 0 aromatic carbocycles. The Morgan fingerprint density at radius 2 is 2.30 bits per heavy atom. The van der Waals surface area contributed by atoms with E-state index in [4.69, 9.17) is 9.84 Å². The Balaban J connectivity index is 2.99. The summed E-state index contributed by atoms with van der Waals surface area (Å²) in [5.74, 6) is -1.03. The van der Waals surface area contributed by atoms with Crippen LogP contribution in [0.3, 0.4) is 0 Å². The summed E-state index contributed by atoms with van der Waals surface area (Å²) in [7, 11) is 2.93. The van der Waals surface area contributed by atoms with Crippen molar-refractivity contribution in [2.24, 2.45) is 0 Å². The Kier molecular flexibility index (Phi) is 7.45. The number of carbonyl (C=O) groups is 2. The van der Waals surface area contributed by atoms with Gasteiger partial charge in [-0.3, -0.25) is 9.48 Å². The zero-order valence-electron chi connectivity index (χ0n) is 10.7. The molecule has 0 saturated heterocycles. The van der Waals surface area contributed by atoms with E-state index >= 15 is 0 Å². The molecule has 0 unspecified atom stereocenters. The van der Waals surface area contributed by atoms with Crippen LogP contribution in [-0.2, 0) is 21.8 Å². The van der Waals surface area contributed by atoms with E-state index < -0.39 is 11.9 Å². The topological polar surface area (TPSA) is 81.4 Å². The van der Waals surface area contributed by atoms with Crippen molar-refractivity contribution < 1.29 is 19.4 Å². The van der Waals surface area contributed by atoms with Gasteiger partial charge in [-0.25, -0.2) is 4.79 Å². The molecule has 0 amide bonds. The van der Waals surface area contributed by atoms with Gasteiger partial charge in [0.25, 0.3) is 0 Å². The number of esters is 1. The predicted octanol–water partition coefficient (Wildman–Crippen LogP) is 2.77. The second-order valence-corrected chi connectivity index (χ2v) is 6.82. The number of carboxylic acid groups (broad SMARTS) is 1. The fourth-order valence-corrected chi connectivity index (χ4v) is 3.81. The first-order valence-electron chi connectivity index (χ1n) is 5.54. The highest BCUT2D eigenvalue weighted by Gasteiger charge is 2.22. The van der Waals surface area contributed by atoms with Gasteiger partial charge in [0.15, 0.2) is 5.69 Å². The average Bonchev–Trinajstić information content (AvgIpc) is 2.68. The van der Waals surface area contributed by atoms with Crippen molar-refractivity contribution in [2.45, 2.75) is 19.2 Å². The van der Waals surface area contributed by atoms with Crippen molar-refractivity contribution in [3.05, 3.63) is 26.9 Å². The van der Waals surface area contributed by atoms with E-state index in [1.54, 1.807) is 12.3 Å². The van der Waals surface area contributed by atoms with Crippen LogP contribution in [0.5, 0.6) is 0 Å². The fraction of sp³-hybridized carbons (Fsp3) is 0.364. The second kappa shape index (κ2) is 8.57. The van der Waals surface area contributed by atoms with Crippen molar-refractivity contribution >= 4 is 56.1 Å². The number of hydrogen-bond acceptors (Lipinski definition) is 6. The first-order chi connectivity index (χ1) is 9.51. The van der Waals surface area contributed by atoms with Crippen LogP contribution in [0.1, 0.15) is 23.1 Å². The summed E-state index contributed by atoms with van der Waals surface area (Å²) in [6.07, 6.45) is 0. The third-order valence-electron chi connectivity index (χ3n) is 2.11. The summed E-state index contributed by atoms with van der Waals surface area (Å²) in [6, 6.07) is 0. The lowest BCUT2D eigenvalue weighted by atomic mass is 10.4. The highest BCUT2D eigenvalue weighted by molar-refractivity contribution is 14.1. The molecular weight excluding hydrogens is 415 g/mol. The molecule has 1 rings (SSSR count). The van der Waals surface area contributed by atoms with Gasteiger partial charge < -0.3 is 9.84 Å². The maximum atomic E-state index is 11.5. The molecule has 9 heteroatoms. The summed E-state index contributed by atoms with van der Waals surface area (Å²) in [4.78, 5) is 22.6. The summed E-state index contributed by atoms with van der Waals surface area (Å²) in [6.45, 7) is 5.49. The van der Waals surface area contributed by atoms with E-state index in [1.807, 2.05) is 22.6 Å². The van der Waals surface area contributed by atoms with Crippen LogP contribution >= 0.6 is 44.2 Å². The predicted molar refractivity (Wildman–Crippen MR) is 87.6 cm³/mol. The summed E-state index contributed by atoms with van der Waals surface area (Å²) < 4.78 is 6.79. The van der Waals surface area contributed by atoms with E-state index in [2.05, 4.69) is 11.7 Å². The van der Waals surface area contributed by atoms with Crippen LogP contribution in [0, 0.1) is 3.57 Å². The van der Waals surface area contributed by atoms with Gasteiger partial charge in [-0.05, 0) is 34.9 Å². The smallest absolute Gasteiger partial charge is 0.357 e. The Morgan fingerprint density at radius 3 is 2.85 bits per heavy atom. The monoisotopic (exact) mass is 428 g/mol. The van der Waals surface area contributed by atoms with Gasteiger partial charge in [0.05, 0.1) is 15.9 Å². The van der Waals surface area contributed by atoms with Crippen molar-refractivity contribution in [3.8, 4) is 0 Å². The molecule has 0 aliphatic carbocycles. The molecule has 0 aliphatic rings. The van der Waals surface area contributed by atoms with Gasteiger partial charge >= 0.3 is 11.9 Å². The molecule has 1 N–H and O–H groups in total. The highest BCUT2D eigenvalue weighted by atomic mass is 127. The van der Waals surface area contributed by atoms with E-state index in [0.717, 1.165) is 0 Å². The first-order valence-corrected chi connectivity index (χ1v) is 9.00. The van der Waals surface area contributed by atoms with E-state index in [9.17, 15) is 9.59 Å². The number of carboxylic acids is 1. The number of hydrogen-bond donors (Lipinski definition) is 1. The van der Waals surface area contributed by atoms with E-state index in [1.165, 1.54) is 26.3 Å². The third-order valence-corrected chi connectivity index (χ3v) is 5.08. The van der Waals surface area contributed by atoms with Crippen LogP contribution in [0.2, 0.25) is 0 Å². The number of aromatic nitrogens is 2. The van der Waals surface area contributed by atoms with E-state index in [0.29, 0.717) is 15.0 Å². The molecular formula is C11H13IN2O4S2. The van der Waals surface area contributed by atoms with Crippen LogP contribution < -0.4 is 0 Å². The number of halogens is 1. The minimum atomic E-state index is -1.11. The molecule has 1 heterocycles. The van der Waals surface area contributed by atoms with Gasteiger partial charge in [-0.15, -0.1) is 0 Å². The van der Waals surface area contributed by atoms with Gasteiger partial charge in [0, 0.05) is 5.75 Å². The molecule has 1 aromatic heterocycles. The first kappa shape index (κ1) is 17.4. The number of carbonyl (C=O) groups excluding carboxylic acids is 1. The van der Waals surface area contributed by atoms with Gasteiger partial charge in [0.2, 0.25) is 0 Å². The zero-order valence-corrected chi connectivity index (χ0v) is 14.5. The van der Waals surface area contributed by atoms with Crippen molar-refractivity contribution in [1.82, 2.24) is 9.78 Å². The Hall–Kier alpha value is -0.680. The molecule has 20 heavy (non-hydrogen) atoms. The van der Waals surface area contributed by atoms with Crippen molar-refractivity contribution in [1.29, 1.82) is 0 Å². The minimum absolute atomic E-state index is 0.0471. The Bertz CT molecular complexity index is 519. The number of aromatic carboxylic acids is 1. The van der Waals surface area contributed by atoms with Crippen LogP contribution in [0.15, 0.2) is 12.0 Å². The summed E-state index contributed by atoms with van der Waals surface area (Å²) in [5.41, 5.74) is 0.643. The second-order valence-electron chi connectivity index (χ2n) is 3.40. The van der Waals surface area contributed by atoms with Gasteiger partial charge in [-0.2, -0.15) is 5.10 Å². The number of rotatable bonds is 8. The third kappa shape index (κ3) is 4.70. The molecule has 0 fully saturated rings. The molecule has 0 aliphatic heterocycles. The lowest BCUT2D eigenvalue weighted by Gasteiger charge is -2.06. The van der Waals surface area contributed by atoms with Gasteiger partial charge in [0.1, 0.15) is 6.54 Å². The van der Waals surface area contributed by atoms with Crippen LogP contribution in [-0.4, -0.2) is 33.4 Å². The van der Waals surface area contributed by atoms with Crippen LogP contribution in [0.4, 0.5) is 0 Å². The molecule has 110 valence electrons. The number of ether oxygens (including phenoxy) is 1. The Morgan fingerprint density at radius 1 is 1.60 bits per heavy atom.